The van der Waals surface area contributed by atoms with Crippen molar-refractivity contribution in [2.75, 3.05) is 0 Å². The number of rotatable bonds is 3. The van der Waals surface area contributed by atoms with Gasteiger partial charge in [-0.3, -0.25) is 0 Å². The third kappa shape index (κ3) is 3.78. The summed E-state index contributed by atoms with van der Waals surface area (Å²) in [5.74, 6) is 2.53. The van der Waals surface area contributed by atoms with E-state index >= 15 is 0 Å². The lowest BCUT2D eigenvalue weighted by atomic mass is 9.95. The molecular formula is C24H18ClN3O2. The highest BCUT2D eigenvalue weighted by molar-refractivity contribution is 6.30. The predicted molar refractivity (Wildman–Crippen MR) is 118 cm³/mol. The first-order valence-electron chi connectivity index (χ1n) is 9.35. The fraction of sp³-hybridized carbons (Fsp3) is 0.125. The number of hydrogen-bond acceptors (Lipinski definition) is 3. The lowest BCUT2D eigenvalue weighted by Crippen LogP contribution is -2.06. The zero-order valence-corrected chi connectivity index (χ0v) is 17.2. The van der Waals surface area contributed by atoms with Gasteiger partial charge in [0.1, 0.15) is 11.3 Å². The molecule has 0 saturated heterocycles. The van der Waals surface area contributed by atoms with E-state index in [4.69, 9.17) is 11.6 Å². The Kier molecular flexibility index (Phi) is 5.26. The van der Waals surface area contributed by atoms with Gasteiger partial charge in [0.2, 0.25) is 0 Å². The molecule has 3 aromatic rings. The van der Waals surface area contributed by atoms with Crippen molar-refractivity contribution in [2.45, 2.75) is 20.4 Å². The van der Waals surface area contributed by atoms with Crippen molar-refractivity contribution in [1.82, 2.24) is 14.5 Å². The second kappa shape index (κ2) is 8.02. The van der Waals surface area contributed by atoms with Gasteiger partial charge in [-0.2, -0.15) is 0 Å². The Morgan fingerprint density at radius 2 is 1.77 bits per heavy atom. The summed E-state index contributed by atoms with van der Waals surface area (Å²) in [7, 11) is 0. The third-order valence-corrected chi connectivity index (χ3v) is 5.08. The first-order valence-corrected chi connectivity index (χ1v) is 9.73. The summed E-state index contributed by atoms with van der Waals surface area (Å²) in [6.07, 6.45) is 0. The smallest absolute Gasteiger partial charge is 0.354 e. The maximum absolute atomic E-state index is 11.3. The molecular weight excluding hydrogens is 398 g/mol. The highest BCUT2D eigenvalue weighted by atomic mass is 35.5. The molecule has 5 nitrogen and oxygen atoms in total. The fourth-order valence-corrected chi connectivity index (χ4v) is 3.41. The van der Waals surface area contributed by atoms with E-state index in [0.29, 0.717) is 17.7 Å². The second-order valence-corrected chi connectivity index (χ2v) is 7.23. The Bertz CT molecular complexity index is 1310. The highest BCUT2D eigenvalue weighted by Crippen LogP contribution is 2.29. The molecule has 0 spiro atoms. The standard InChI is InChI=1S/C18H14ClN3O2.C6H4/c1-11-8-15(18(23)24)21-17-16(11)20-12(2)22(17)10-14-5-3-4-13(9-14)6-7-19;1-2-6-4-3-5(1)6/h3-5,8-9H,10H2,1-2H3,(H,23,24);1-4H. The molecule has 0 atom stereocenters. The number of imidazole rings is 1. The molecule has 2 aromatic heterocycles. The summed E-state index contributed by atoms with van der Waals surface area (Å²) in [4.78, 5) is 20.1. The van der Waals surface area contributed by atoms with E-state index in [0.717, 1.165) is 22.5 Å². The van der Waals surface area contributed by atoms with Gasteiger partial charge in [0, 0.05) is 10.9 Å². The largest absolute Gasteiger partial charge is 0.477 e. The highest BCUT2D eigenvalue weighted by Gasteiger charge is 2.15. The molecule has 1 N–H and O–H groups in total. The van der Waals surface area contributed by atoms with Crippen LogP contribution in [0, 0.1) is 25.1 Å². The summed E-state index contributed by atoms with van der Waals surface area (Å²) in [6.45, 7) is 4.24. The number of pyridine rings is 1. The minimum absolute atomic E-state index is 0.0166. The summed E-state index contributed by atoms with van der Waals surface area (Å²) in [5.41, 5.74) is 6.77. The molecule has 0 aliphatic heterocycles. The van der Waals surface area contributed by atoms with Crippen molar-refractivity contribution < 1.29 is 9.90 Å². The van der Waals surface area contributed by atoms with Crippen LogP contribution in [0.25, 0.3) is 22.3 Å². The van der Waals surface area contributed by atoms with E-state index in [2.05, 4.69) is 45.5 Å². The Balaban J connectivity index is 0.000000305. The summed E-state index contributed by atoms with van der Waals surface area (Å²) in [5, 5.41) is 11.6. The average molecular weight is 416 g/mol. The van der Waals surface area contributed by atoms with Crippen LogP contribution in [0.1, 0.15) is 33.0 Å². The Morgan fingerprint density at radius 1 is 1.07 bits per heavy atom. The molecule has 6 heteroatoms. The van der Waals surface area contributed by atoms with Crippen molar-refractivity contribution in [2.24, 2.45) is 0 Å². The summed E-state index contributed by atoms with van der Waals surface area (Å²) < 4.78 is 1.90. The minimum Gasteiger partial charge on any atom is -0.477 e. The van der Waals surface area contributed by atoms with Gasteiger partial charge in [-0.1, -0.05) is 36.4 Å². The molecule has 0 fully saturated rings. The maximum atomic E-state index is 11.3. The molecule has 0 bridgehead atoms. The SMILES string of the molecule is Cc1cc(C(=O)O)nc2c1nc(C)n2Cc1cccc(C#CCl)c1.c1cc2ccc1-2. The molecule has 0 radical (unpaired) electrons. The molecule has 5 rings (SSSR count). The van der Waals surface area contributed by atoms with Crippen LogP contribution < -0.4 is 0 Å². The third-order valence-electron chi connectivity index (χ3n) is 4.98. The van der Waals surface area contributed by atoms with Gasteiger partial charge in [0.15, 0.2) is 11.3 Å². The summed E-state index contributed by atoms with van der Waals surface area (Å²) >= 11 is 5.46. The molecule has 1 aromatic carbocycles. The first-order chi connectivity index (χ1) is 14.5. The van der Waals surface area contributed by atoms with Crippen LogP contribution in [0.15, 0.2) is 54.6 Å². The molecule has 30 heavy (non-hydrogen) atoms. The van der Waals surface area contributed by atoms with Crippen LogP contribution in [0.2, 0.25) is 0 Å². The van der Waals surface area contributed by atoms with Crippen molar-refractivity contribution in [3.63, 3.8) is 0 Å². The van der Waals surface area contributed by atoms with Gasteiger partial charge in [0.25, 0.3) is 0 Å². The van der Waals surface area contributed by atoms with Crippen LogP contribution >= 0.6 is 11.6 Å². The second-order valence-electron chi connectivity index (χ2n) is 7.04. The predicted octanol–water partition coefficient (Wildman–Crippen LogP) is 5.01. The van der Waals surface area contributed by atoms with Crippen molar-refractivity contribution >= 4 is 28.7 Å². The van der Waals surface area contributed by atoms with Gasteiger partial charge in [0.05, 0.1) is 6.54 Å². The topological polar surface area (TPSA) is 68.0 Å². The number of aromatic carboxylic acids is 1. The van der Waals surface area contributed by atoms with Crippen LogP contribution in [0.5, 0.6) is 0 Å². The molecule has 0 amide bonds. The maximum Gasteiger partial charge on any atom is 0.354 e. The molecule has 0 unspecified atom stereocenters. The van der Waals surface area contributed by atoms with Crippen LogP contribution in [-0.2, 0) is 6.54 Å². The van der Waals surface area contributed by atoms with E-state index in [9.17, 15) is 9.90 Å². The zero-order valence-electron chi connectivity index (χ0n) is 16.5. The molecule has 2 heterocycles. The number of carbonyl (C=O) groups is 1. The number of aryl methyl sites for hydroxylation is 2. The molecule has 0 saturated carbocycles. The van der Waals surface area contributed by atoms with Crippen LogP contribution in [0.3, 0.4) is 0 Å². The minimum atomic E-state index is -1.05. The van der Waals surface area contributed by atoms with E-state index in [1.807, 2.05) is 42.7 Å². The number of nitrogens with zero attached hydrogens (tertiary/aromatic N) is 3. The fourth-order valence-electron chi connectivity index (χ4n) is 3.30. The number of hydrogen-bond donors (Lipinski definition) is 1. The van der Waals surface area contributed by atoms with Crippen molar-refractivity contribution in [3.05, 3.63) is 82.8 Å². The number of aromatic nitrogens is 3. The number of fused-ring (bicyclic) bond motifs is 2. The van der Waals surface area contributed by atoms with Gasteiger partial charge in [-0.05, 0) is 71.8 Å². The number of benzene rings is 2. The molecule has 2 aliphatic rings. The number of halogens is 1. The number of carboxylic acids is 1. The van der Waals surface area contributed by atoms with Crippen LogP contribution in [0.4, 0.5) is 0 Å². The van der Waals surface area contributed by atoms with Gasteiger partial charge < -0.3 is 9.67 Å². The normalized spacial score (nSPS) is 10.6. The van der Waals surface area contributed by atoms with Crippen molar-refractivity contribution in [1.29, 1.82) is 0 Å². The van der Waals surface area contributed by atoms with Gasteiger partial charge in [-0.15, -0.1) is 0 Å². The van der Waals surface area contributed by atoms with Gasteiger partial charge in [-0.25, -0.2) is 14.8 Å². The Labute approximate surface area is 179 Å². The van der Waals surface area contributed by atoms with Crippen LogP contribution in [-0.4, -0.2) is 25.6 Å². The Hall–Kier alpha value is -3.62. The van der Waals surface area contributed by atoms with E-state index < -0.39 is 5.97 Å². The average Bonchev–Trinajstić information content (AvgIpc) is 3.02. The monoisotopic (exact) mass is 415 g/mol. The van der Waals surface area contributed by atoms with E-state index in [1.54, 1.807) is 0 Å². The summed E-state index contributed by atoms with van der Waals surface area (Å²) in [6, 6.07) is 17.7. The lowest BCUT2D eigenvalue weighted by molar-refractivity contribution is 0.0690. The van der Waals surface area contributed by atoms with E-state index in [-0.39, 0.29) is 5.69 Å². The van der Waals surface area contributed by atoms with Gasteiger partial charge >= 0.3 is 5.97 Å². The van der Waals surface area contributed by atoms with Crippen molar-refractivity contribution in [3.8, 4) is 22.4 Å². The zero-order chi connectivity index (χ0) is 21.3. The molecule has 2 aliphatic carbocycles. The van der Waals surface area contributed by atoms with E-state index in [1.165, 1.54) is 17.2 Å². The lowest BCUT2D eigenvalue weighted by Gasteiger charge is -2.10. The quantitative estimate of drug-likeness (QED) is 0.420. The molecule has 148 valence electrons. The Morgan fingerprint density at radius 3 is 2.33 bits per heavy atom. The number of carboxylic acid groups (broad SMARTS) is 1. The first kappa shape index (κ1) is 19.7.